The quantitative estimate of drug-likeness (QED) is 0.296. The highest BCUT2D eigenvalue weighted by Gasteiger charge is 2.23. The molecule has 0 saturated heterocycles. The first-order valence-electron chi connectivity index (χ1n) is 9.77. The minimum Gasteiger partial charge on any atom is -0.332 e. The molecule has 0 radical (unpaired) electrons. The van der Waals surface area contributed by atoms with Crippen LogP contribution >= 0.6 is 12.2 Å². The first-order chi connectivity index (χ1) is 15.7. The van der Waals surface area contributed by atoms with E-state index in [1.54, 1.807) is 31.2 Å². The number of rotatable bonds is 7. The monoisotopic (exact) mass is 484 g/mol. The smallest absolute Gasteiger partial charge is 0.269 e. The molecule has 3 aromatic rings. The number of benzene rings is 3. The van der Waals surface area contributed by atoms with E-state index in [4.69, 9.17) is 12.2 Å². The Balaban J connectivity index is 1.66. The molecule has 9 nitrogen and oxygen atoms in total. The predicted octanol–water partition coefficient (Wildman–Crippen LogP) is 3.94. The summed E-state index contributed by atoms with van der Waals surface area (Å²) in [6.45, 7) is 2.03. The number of amides is 1. The van der Waals surface area contributed by atoms with Crippen LogP contribution in [0.1, 0.15) is 17.3 Å². The molecule has 0 unspecified atom stereocenters. The second-order valence-electron chi connectivity index (χ2n) is 6.74. The predicted molar refractivity (Wildman–Crippen MR) is 130 cm³/mol. The molecule has 2 N–H and O–H groups in total. The third-order valence-electron chi connectivity index (χ3n) is 4.60. The second kappa shape index (κ2) is 10.2. The first-order valence-corrected chi connectivity index (χ1v) is 11.6. The number of nitro groups is 1. The van der Waals surface area contributed by atoms with Gasteiger partial charge >= 0.3 is 0 Å². The summed E-state index contributed by atoms with van der Waals surface area (Å²) in [4.78, 5) is 22.5. The van der Waals surface area contributed by atoms with Gasteiger partial charge in [0.05, 0.1) is 15.5 Å². The molecule has 0 spiro atoms. The fourth-order valence-electron chi connectivity index (χ4n) is 3.00. The van der Waals surface area contributed by atoms with Crippen molar-refractivity contribution in [3.63, 3.8) is 0 Å². The third-order valence-corrected chi connectivity index (χ3v) is 6.72. The van der Waals surface area contributed by atoms with E-state index in [2.05, 4.69) is 10.6 Å². The summed E-state index contributed by atoms with van der Waals surface area (Å²) in [5, 5.41) is 16.0. The van der Waals surface area contributed by atoms with Crippen molar-refractivity contribution in [3.05, 3.63) is 94.5 Å². The van der Waals surface area contributed by atoms with Crippen LogP contribution in [0.3, 0.4) is 0 Å². The van der Waals surface area contributed by atoms with Crippen LogP contribution in [0.25, 0.3) is 0 Å². The number of hydrogen-bond donors (Lipinski definition) is 2. The summed E-state index contributed by atoms with van der Waals surface area (Å²) in [5.41, 5.74) is 1.12. The molecule has 1 amide bonds. The maximum absolute atomic E-state index is 13.0. The Morgan fingerprint density at radius 1 is 1.00 bits per heavy atom. The minimum atomic E-state index is -3.76. The lowest BCUT2D eigenvalue weighted by molar-refractivity contribution is -0.384. The highest BCUT2D eigenvalue weighted by Crippen LogP contribution is 2.24. The summed E-state index contributed by atoms with van der Waals surface area (Å²) in [6.07, 6.45) is 0. The van der Waals surface area contributed by atoms with E-state index in [1.807, 2.05) is 6.07 Å². The number of sulfonamides is 1. The van der Waals surface area contributed by atoms with Gasteiger partial charge in [-0.3, -0.25) is 24.5 Å². The molecule has 3 rings (SSSR count). The lowest BCUT2D eigenvalue weighted by atomic mass is 10.2. The minimum absolute atomic E-state index is 0.00608. The average Bonchev–Trinajstić information content (AvgIpc) is 2.80. The number of thiocarbonyl (C=S) groups is 1. The number of non-ortho nitro benzene ring substituents is 1. The van der Waals surface area contributed by atoms with Crippen molar-refractivity contribution >= 4 is 50.3 Å². The van der Waals surface area contributed by atoms with Gasteiger partial charge in [-0.15, -0.1) is 0 Å². The van der Waals surface area contributed by atoms with Crippen molar-refractivity contribution in [1.82, 2.24) is 5.32 Å². The number of nitrogens with one attached hydrogen (secondary N) is 2. The number of hydrogen-bond acceptors (Lipinski definition) is 6. The number of nitro benzene ring substituents is 1. The number of carbonyl (C=O) groups is 1. The highest BCUT2D eigenvalue weighted by atomic mass is 32.2. The zero-order valence-electron chi connectivity index (χ0n) is 17.5. The second-order valence-corrected chi connectivity index (χ2v) is 9.01. The molecular formula is C22H20N4O5S2. The topological polar surface area (TPSA) is 122 Å². The van der Waals surface area contributed by atoms with E-state index in [-0.39, 0.29) is 27.8 Å². The van der Waals surface area contributed by atoms with Gasteiger partial charge < -0.3 is 5.32 Å². The molecule has 11 heteroatoms. The maximum atomic E-state index is 13.0. The van der Waals surface area contributed by atoms with Crippen LogP contribution in [0.15, 0.2) is 83.8 Å². The summed E-state index contributed by atoms with van der Waals surface area (Å²) >= 11 is 5.13. The number of carbonyl (C=O) groups excluding carboxylic acids is 1. The molecular weight excluding hydrogens is 464 g/mol. The lowest BCUT2D eigenvalue weighted by Gasteiger charge is -2.23. The summed E-state index contributed by atoms with van der Waals surface area (Å²) in [6, 6.07) is 19.9. The van der Waals surface area contributed by atoms with Crippen molar-refractivity contribution in [2.75, 3.05) is 16.2 Å². The summed E-state index contributed by atoms with van der Waals surface area (Å²) in [5.74, 6) is -0.539. The first kappa shape index (κ1) is 23.8. The molecule has 0 atom stereocenters. The average molecular weight is 485 g/mol. The van der Waals surface area contributed by atoms with Crippen LogP contribution in [0.5, 0.6) is 0 Å². The van der Waals surface area contributed by atoms with Gasteiger partial charge in [0.25, 0.3) is 21.6 Å². The summed E-state index contributed by atoms with van der Waals surface area (Å²) in [7, 11) is -3.76. The molecule has 0 aliphatic heterocycles. The number of anilines is 2. The van der Waals surface area contributed by atoms with Gasteiger partial charge in [0, 0.05) is 29.9 Å². The maximum Gasteiger partial charge on any atom is 0.269 e. The Bertz CT molecular complexity index is 1260. The van der Waals surface area contributed by atoms with E-state index in [9.17, 15) is 23.3 Å². The molecule has 170 valence electrons. The van der Waals surface area contributed by atoms with Crippen LogP contribution < -0.4 is 14.9 Å². The Kier molecular flexibility index (Phi) is 7.36. The van der Waals surface area contributed by atoms with E-state index in [0.717, 1.165) is 0 Å². The zero-order chi connectivity index (χ0) is 24.0. The molecule has 0 heterocycles. The van der Waals surface area contributed by atoms with E-state index in [1.165, 1.54) is 52.8 Å². The Morgan fingerprint density at radius 3 is 2.15 bits per heavy atom. The van der Waals surface area contributed by atoms with Gasteiger partial charge in [-0.1, -0.05) is 18.2 Å². The van der Waals surface area contributed by atoms with Crippen molar-refractivity contribution < 1.29 is 18.1 Å². The number of nitrogens with zero attached hydrogens (tertiary/aromatic N) is 2. The van der Waals surface area contributed by atoms with Gasteiger partial charge in [-0.05, 0) is 67.7 Å². The summed E-state index contributed by atoms with van der Waals surface area (Å²) < 4.78 is 27.4. The SMILES string of the molecule is CCN(c1ccccc1)S(=O)(=O)c1ccc(NC(=S)NC(=O)c2ccc([N+](=O)[O-])cc2)cc1. The van der Waals surface area contributed by atoms with Gasteiger partial charge in [0.15, 0.2) is 5.11 Å². The Hall–Kier alpha value is -3.83. The zero-order valence-corrected chi connectivity index (χ0v) is 19.1. The van der Waals surface area contributed by atoms with Gasteiger partial charge in [0.1, 0.15) is 0 Å². The van der Waals surface area contributed by atoms with Crippen LogP contribution in [0, 0.1) is 10.1 Å². The Morgan fingerprint density at radius 2 is 1.61 bits per heavy atom. The van der Waals surface area contributed by atoms with Crippen molar-refractivity contribution in [1.29, 1.82) is 0 Å². The number of para-hydroxylation sites is 1. The van der Waals surface area contributed by atoms with Gasteiger partial charge in [-0.2, -0.15) is 0 Å². The molecule has 0 aromatic heterocycles. The van der Waals surface area contributed by atoms with Crippen LogP contribution in [-0.2, 0) is 10.0 Å². The molecule has 0 bridgehead atoms. The fraction of sp³-hybridized carbons (Fsp3) is 0.0909. The largest absolute Gasteiger partial charge is 0.332 e. The van der Waals surface area contributed by atoms with E-state index in [0.29, 0.717) is 11.4 Å². The molecule has 0 aliphatic carbocycles. The lowest BCUT2D eigenvalue weighted by Crippen LogP contribution is -2.34. The van der Waals surface area contributed by atoms with E-state index < -0.39 is 20.9 Å². The van der Waals surface area contributed by atoms with Crippen molar-refractivity contribution in [2.24, 2.45) is 0 Å². The van der Waals surface area contributed by atoms with Crippen LogP contribution in [-0.4, -0.2) is 30.9 Å². The normalized spacial score (nSPS) is 10.8. The van der Waals surface area contributed by atoms with E-state index >= 15 is 0 Å². The molecule has 33 heavy (non-hydrogen) atoms. The molecule has 0 aliphatic rings. The van der Waals surface area contributed by atoms with Crippen LogP contribution in [0.2, 0.25) is 0 Å². The van der Waals surface area contributed by atoms with Gasteiger partial charge in [0.2, 0.25) is 0 Å². The molecule has 0 saturated carbocycles. The Labute approximate surface area is 196 Å². The van der Waals surface area contributed by atoms with Crippen molar-refractivity contribution in [3.8, 4) is 0 Å². The van der Waals surface area contributed by atoms with Crippen molar-refractivity contribution in [2.45, 2.75) is 11.8 Å². The van der Waals surface area contributed by atoms with Crippen LogP contribution in [0.4, 0.5) is 17.1 Å². The third kappa shape index (κ3) is 5.70. The molecule has 0 fully saturated rings. The molecule has 3 aromatic carbocycles. The fourth-order valence-corrected chi connectivity index (χ4v) is 4.68. The highest BCUT2D eigenvalue weighted by molar-refractivity contribution is 7.92. The van der Waals surface area contributed by atoms with Gasteiger partial charge in [-0.25, -0.2) is 8.42 Å². The standard InChI is InChI=1S/C22H20N4O5S2/c1-2-25(18-6-4-3-5-7-18)33(30,31)20-14-10-17(11-15-20)23-22(32)24-21(27)16-8-12-19(13-9-16)26(28)29/h3-15H,2H2,1H3,(H2,23,24,27,32).